The quantitative estimate of drug-likeness (QED) is 0.201. The van der Waals surface area contributed by atoms with E-state index in [-0.39, 0.29) is 0 Å². The van der Waals surface area contributed by atoms with Gasteiger partial charge in [0.1, 0.15) is 0 Å². The molecule has 3 aromatic carbocycles. The number of alkyl halides is 6. The fraction of sp³-hybridized carbons (Fsp3) is 0.424. The Morgan fingerprint density at radius 3 is 1.81 bits per heavy atom. The highest BCUT2D eigenvalue weighted by Crippen LogP contribution is 2.34. The minimum absolute atomic E-state index is 0.375. The van der Waals surface area contributed by atoms with E-state index in [2.05, 4.69) is 18.7 Å². The standard InChI is InChI=1S/C33H37F6NO2/c1-4-5-6-30(31(41)42)27-18-24(17-26(19-27)25-9-13-29(14-10-25)33(37,38)39)21-40(16-15-22(2)3)20-23-7-11-28(12-8-23)32(34,35)36/h7-14,17-19,22,30H,4-6,15-16,20-21H2,1-3H3,(H,41,42). The third-order valence-electron chi connectivity index (χ3n) is 7.22. The molecule has 3 rings (SSSR count). The van der Waals surface area contributed by atoms with Gasteiger partial charge in [-0.25, -0.2) is 0 Å². The van der Waals surface area contributed by atoms with Crippen molar-refractivity contribution < 1.29 is 36.2 Å². The maximum absolute atomic E-state index is 13.2. The maximum Gasteiger partial charge on any atom is 0.416 e. The summed E-state index contributed by atoms with van der Waals surface area (Å²) in [5.41, 5.74) is 1.70. The van der Waals surface area contributed by atoms with Crippen LogP contribution in [0.3, 0.4) is 0 Å². The normalized spacial score (nSPS) is 13.1. The molecule has 0 aliphatic heterocycles. The van der Waals surface area contributed by atoms with Crippen molar-refractivity contribution in [3.8, 4) is 11.1 Å². The van der Waals surface area contributed by atoms with Gasteiger partial charge in [0.15, 0.2) is 0 Å². The SMILES string of the molecule is CCCCC(C(=O)O)c1cc(CN(CCC(C)C)Cc2ccc(C(F)(F)F)cc2)cc(-c2ccc(C(F)(F)F)cc2)c1. The number of hydrogen-bond acceptors (Lipinski definition) is 2. The van der Waals surface area contributed by atoms with Gasteiger partial charge in [-0.05, 0) is 83.5 Å². The summed E-state index contributed by atoms with van der Waals surface area (Å²) in [4.78, 5) is 14.3. The van der Waals surface area contributed by atoms with Crippen molar-refractivity contribution in [2.75, 3.05) is 6.54 Å². The minimum Gasteiger partial charge on any atom is -0.481 e. The van der Waals surface area contributed by atoms with Crippen LogP contribution < -0.4 is 0 Å². The zero-order valence-corrected chi connectivity index (χ0v) is 24.0. The first-order valence-corrected chi connectivity index (χ1v) is 14.1. The smallest absolute Gasteiger partial charge is 0.416 e. The number of hydrogen-bond donors (Lipinski definition) is 1. The zero-order valence-electron chi connectivity index (χ0n) is 24.0. The molecule has 42 heavy (non-hydrogen) atoms. The number of halogens is 6. The molecule has 0 radical (unpaired) electrons. The van der Waals surface area contributed by atoms with Crippen LogP contribution in [-0.4, -0.2) is 22.5 Å². The number of nitrogens with zero attached hydrogens (tertiary/aromatic N) is 1. The van der Waals surface area contributed by atoms with Crippen molar-refractivity contribution in [2.24, 2.45) is 5.92 Å². The Labute approximate surface area is 243 Å². The molecule has 0 saturated carbocycles. The molecule has 0 heterocycles. The van der Waals surface area contributed by atoms with Crippen molar-refractivity contribution in [3.63, 3.8) is 0 Å². The second kappa shape index (κ2) is 14.2. The average Bonchev–Trinajstić information content (AvgIpc) is 2.91. The van der Waals surface area contributed by atoms with Crippen LogP contribution >= 0.6 is 0 Å². The Balaban J connectivity index is 2.01. The predicted octanol–water partition coefficient (Wildman–Crippen LogP) is 9.80. The molecule has 0 aliphatic rings. The molecule has 1 N–H and O–H groups in total. The summed E-state index contributed by atoms with van der Waals surface area (Å²) in [6, 6.07) is 15.2. The van der Waals surface area contributed by atoms with Gasteiger partial charge in [-0.1, -0.05) is 70.0 Å². The van der Waals surface area contributed by atoms with Crippen molar-refractivity contribution >= 4 is 5.97 Å². The number of unbranched alkanes of at least 4 members (excludes halogenated alkanes) is 1. The molecule has 3 nitrogen and oxygen atoms in total. The zero-order chi connectivity index (χ0) is 31.1. The van der Waals surface area contributed by atoms with E-state index in [4.69, 9.17) is 0 Å². The first-order valence-electron chi connectivity index (χ1n) is 14.1. The van der Waals surface area contributed by atoms with Crippen LogP contribution in [0.25, 0.3) is 11.1 Å². The molecular formula is C33H37F6NO2. The number of benzene rings is 3. The lowest BCUT2D eigenvalue weighted by Crippen LogP contribution is -2.25. The van der Waals surface area contributed by atoms with E-state index < -0.39 is 35.4 Å². The van der Waals surface area contributed by atoms with E-state index in [1.165, 1.54) is 24.3 Å². The first-order chi connectivity index (χ1) is 19.7. The lowest BCUT2D eigenvalue weighted by molar-refractivity contribution is -0.139. The summed E-state index contributed by atoms with van der Waals surface area (Å²) in [5, 5.41) is 10.0. The molecule has 9 heteroatoms. The fourth-order valence-corrected chi connectivity index (χ4v) is 4.84. The molecule has 0 amide bonds. The van der Waals surface area contributed by atoms with Crippen LogP contribution in [0.15, 0.2) is 66.7 Å². The predicted molar refractivity (Wildman–Crippen MR) is 152 cm³/mol. The summed E-state index contributed by atoms with van der Waals surface area (Å²) in [5.74, 6) is -1.38. The molecule has 0 spiro atoms. The summed E-state index contributed by atoms with van der Waals surface area (Å²) in [6.45, 7) is 7.53. The second-order valence-electron chi connectivity index (χ2n) is 11.2. The summed E-state index contributed by atoms with van der Waals surface area (Å²) in [7, 11) is 0. The fourth-order valence-electron chi connectivity index (χ4n) is 4.84. The molecule has 0 aromatic heterocycles. The highest BCUT2D eigenvalue weighted by Gasteiger charge is 2.31. The molecule has 0 bridgehead atoms. The Morgan fingerprint density at radius 1 is 0.762 bits per heavy atom. The maximum atomic E-state index is 13.2. The lowest BCUT2D eigenvalue weighted by atomic mass is 9.89. The van der Waals surface area contributed by atoms with Gasteiger partial charge in [0.05, 0.1) is 17.0 Å². The first kappa shape index (κ1) is 33.2. The summed E-state index contributed by atoms with van der Waals surface area (Å²) in [6.07, 6.45) is -6.14. The average molecular weight is 594 g/mol. The third-order valence-corrected chi connectivity index (χ3v) is 7.22. The van der Waals surface area contributed by atoms with Gasteiger partial charge in [0.2, 0.25) is 0 Å². The molecule has 1 unspecified atom stereocenters. The number of aliphatic carboxylic acids is 1. The molecule has 0 saturated heterocycles. The van der Waals surface area contributed by atoms with Gasteiger partial charge >= 0.3 is 18.3 Å². The molecule has 0 aliphatic carbocycles. The van der Waals surface area contributed by atoms with Gasteiger partial charge in [-0.15, -0.1) is 0 Å². The summed E-state index contributed by atoms with van der Waals surface area (Å²) >= 11 is 0. The topological polar surface area (TPSA) is 40.5 Å². The Morgan fingerprint density at radius 2 is 1.31 bits per heavy atom. The third kappa shape index (κ3) is 9.61. The van der Waals surface area contributed by atoms with Gasteiger partial charge in [-0.3, -0.25) is 9.69 Å². The van der Waals surface area contributed by atoms with Gasteiger partial charge in [0.25, 0.3) is 0 Å². The number of carboxylic acids is 1. The van der Waals surface area contributed by atoms with Crippen LogP contribution in [-0.2, 0) is 30.2 Å². The van der Waals surface area contributed by atoms with E-state index in [9.17, 15) is 36.2 Å². The Hall–Kier alpha value is -3.33. The van der Waals surface area contributed by atoms with Crippen LogP contribution in [0.4, 0.5) is 26.3 Å². The summed E-state index contributed by atoms with van der Waals surface area (Å²) < 4.78 is 78.7. The molecule has 1 atom stereocenters. The number of carbonyl (C=O) groups is 1. The van der Waals surface area contributed by atoms with Gasteiger partial charge < -0.3 is 5.11 Å². The van der Waals surface area contributed by atoms with Gasteiger partial charge in [-0.2, -0.15) is 26.3 Å². The van der Waals surface area contributed by atoms with Crippen LogP contribution in [0, 0.1) is 5.92 Å². The van der Waals surface area contributed by atoms with Crippen molar-refractivity contribution in [2.45, 2.75) is 77.8 Å². The highest BCUT2D eigenvalue weighted by molar-refractivity contribution is 5.77. The largest absolute Gasteiger partial charge is 0.481 e. The Bertz CT molecular complexity index is 1300. The molecule has 0 fully saturated rings. The van der Waals surface area contributed by atoms with Crippen LogP contribution in [0.1, 0.15) is 80.2 Å². The highest BCUT2D eigenvalue weighted by atomic mass is 19.4. The van der Waals surface area contributed by atoms with Crippen LogP contribution in [0.5, 0.6) is 0 Å². The number of carboxylic acid groups (broad SMARTS) is 1. The van der Waals surface area contributed by atoms with Crippen molar-refractivity contribution in [3.05, 3.63) is 94.5 Å². The Kier molecular flexibility index (Phi) is 11.2. The van der Waals surface area contributed by atoms with Gasteiger partial charge in [0, 0.05) is 13.1 Å². The molecule has 3 aromatic rings. The van der Waals surface area contributed by atoms with E-state index in [0.29, 0.717) is 60.6 Å². The number of rotatable bonds is 13. The van der Waals surface area contributed by atoms with E-state index in [1.54, 1.807) is 6.07 Å². The minimum atomic E-state index is -4.48. The second-order valence-corrected chi connectivity index (χ2v) is 11.2. The van der Waals surface area contributed by atoms with Crippen LogP contribution in [0.2, 0.25) is 0 Å². The molecular weight excluding hydrogens is 556 g/mol. The lowest BCUT2D eigenvalue weighted by Gasteiger charge is -2.25. The van der Waals surface area contributed by atoms with E-state index in [1.807, 2.05) is 19.1 Å². The van der Waals surface area contributed by atoms with E-state index in [0.717, 1.165) is 42.7 Å². The molecule has 228 valence electrons. The van der Waals surface area contributed by atoms with Crippen molar-refractivity contribution in [1.29, 1.82) is 0 Å². The monoisotopic (exact) mass is 593 g/mol. The van der Waals surface area contributed by atoms with E-state index >= 15 is 0 Å². The van der Waals surface area contributed by atoms with Crippen molar-refractivity contribution in [1.82, 2.24) is 4.90 Å².